The molecule has 0 aromatic rings. The molecule has 0 aromatic heterocycles. The molecule has 406 valence electrons. The second kappa shape index (κ2) is 24.8. The van der Waals surface area contributed by atoms with Gasteiger partial charge in [-0.25, -0.2) is 4.79 Å². The molecule has 4 heterocycles. The van der Waals surface area contributed by atoms with Gasteiger partial charge in [0.15, 0.2) is 18.9 Å². The predicted molar refractivity (Wildman–Crippen MR) is 228 cm³/mol. The second-order valence-electron chi connectivity index (χ2n) is 19.9. The highest BCUT2D eigenvalue weighted by atomic mass is 16.8. The van der Waals surface area contributed by atoms with E-state index in [9.17, 15) is 80.8 Å². The zero-order valence-electron chi connectivity index (χ0n) is 38.7. The third-order valence-corrected chi connectivity index (χ3v) is 14.9. The molecule has 14 N–H and O–H groups in total. The molecule has 9 unspecified atom stereocenters. The Morgan fingerprint density at radius 3 is 1.77 bits per heavy atom. The van der Waals surface area contributed by atoms with E-state index in [1.165, 1.54) is 6.08 Å². The van der Waals surface area contributed by atoms with Crippen LogP contribution in [0.15, 0.2) is 12.2 Å². The van der Waals surface area contributed by atoms with Gasteiger partial charge in [-0.3, -0.25) is 9.59 Å². The first-order chi connectivity index (χ1) is 33.7. The summed E-state index contributed by atoms with van der Waals surface area (Å²) in [4.78, 5) is 35.9. The SMILES string of the molecule is O=C(O)CC(=O)OC[C@H]1O[C@@H](OC2CC(O)CC3OC(C4CCC(O)C(O)C4)C(O[C@@H]4O[C@H](COC(=O)C=CC5CCC(O)CC5)[C@@H](O)[C@H](O)[C@H]4O[C@@H]4O[C@H](CO)[C@@H](O)[C@H](O)[C@H]4O)CC32)[C@H](O)[C@@H](O)[C@@H]1O. The smallest absolute Gasteiger partial charge is 0.330 e. The average molecular weight is 1030 g/mol. The minimum Gasteiger partial charge on any atom is -0.481 e. The van der Waals surface area contributed by atoms with Gasteiger partial charge in [0.25, 0.3) is 0 Å². The van der Waals surface area contributed by atoms with Gasteiger partial charge in [0.2, 0.25) is 0 Å². The molecule has 0 spiro atoms. The molecule has 3 saturated carbocycles. The molecule has 7 rings (SSSR count). The van der Waals surface area contributed by atoms with Gasteiger partial charge in [0.05, 0.1) is 55.4 Å². The number of hydrogen-bond acceptors (Lipinski definition) is 25. The van der Waals surface area contributed by atoms with Crippen molar-refractivity contribution in [3.63, 3.8) is 0 Å². The van der Waals surface area contributed by atoms with Gasteiger partial charge in [-0.15, -0.1) is 0 Å². The largest absolute Gasteiger partial charge is 0.481 e. The van der Waals surface area contributed by atoms with Gasteiger partial charge in [0, 0.05) is 18.4 Å². The summed E-state index contributed by atoms with van der Waals surface area (Å²) in [5.41, 5.74) is 0. The molecule has 4 saturated heterocycles. The van der Waals surface area contributed by atoms with Gasteiger partial charge in [-0.1, -0.05) is 6.08 Å². The lowest BCUT2D eigenvalue weighted by atomic mass is 9.72. The normalized spacial score (nSPS) is 47.6. The molecule has 0 radical (unpaired) electrons. The van der Waals surface area contributed by atoms with Crippen molar-refractivity contribution in [2.75, 3.05) is 19.8 Å². The fourth-order valence-corrected chi connectivity index (χ4v) is 10.8. The van der Waals surface area contributed by atoms with Crippen molar-refractivity contribution in [1.29, 1.82) is 0 Å². The van der Waals surface area contributed by atoms with Crippen LogP contribution in [0.4, 0.5) is 0 Å². The summed E-state index contributed by atoms with van der Waals surface area (Å²) in [5.74, 6) is -4.77. The summed E-state index contributed by atoms with van der Waals surface area (Å²) >= 11 is 0. The summed E-state index contributed by atoms with van der Waals surface area (Å²) in [7, 11) is 0. The lowest BCUT2D eigenvalue weighted by molar-refractivity contribution is -0.380. The highest BCUT2D eigenvalue weighted by molar-refractivity contribution is 5.90. The Morgan fingerprint density at radius 2 is 1.13 bits per heavy atom. The number of hydrogen-bond donors (Lipinski definition) is 14. The van der Waals surface area contributed by atoms with Crippen LogP contribution in [0.5, 0.6) is 0 Å². The van der Waals surface area contributed by atoms with E-state index in [4.69, 9.17) is 47.7 Å². The van der Waals surface area contributed by atoms with E-state index >= 15 is 0 Å². The maximum Gasteiger partial charge on any atom is 0.330 e. The summed E-state index contributed by atoms with van der Waals surface area (Å²) < 4.78 is 53.6. The number of aliphatic hydroxyl groups excluding tert-OH is 13. The van der Waals surface area contributed by atoms with E-state index < -0.39 is 197 Å². The molecule has 0 amide bonds. The quantitative estimate of drug-likeness (QED) is 0.0389. The van der Waals surface area contributed by atoms with E-state index in [0.717, 1.165) is 0 Å². The van der Waals surface area contributed by atoms with Gasteiger partial charge in [-0.2, -0.15) is 0 Å². The predicted octanol–water partition coefficient (Wildman–Crippen LogP) is -5.69. The number of ether oxygens (including phenoxy) is 9. The number of rotatable bonds is 16. The van der Waals surface area contributed by atoms with Crippen molar-refractivity contribution in [3.8, 4) is 0 Å². The Balaban J connectivity index is 1.15. The minimum atomic E-state index is -1.99. The lowest BCUT2D eigenvalue weighted by Crippen LogP contribution is -2.66. The number of carbonyl (C=O) groups is 3. The summed E-state index contributed by atoms with van der Waals surface area (Å²) in [6, 6.07) is 0. The molecule has 71 heavy (non-hydrogen) atoms. The van der Waals surface area contributed by atoms with Crippen molar-refractivity contribution >= 4 is 17.9 Å². The summed E-state index contributed by atoms with van der Waals surface area (Å²) in [6.45, 7) is -2.22. The number of fused-ring (bicyclic) bond motifs is 1. The number of carboxylic acids is 1. The van der Waals surface area contributed by atoms with Crippen molar-refractivity contribution in [1.82, 2.24) is 0 Å². The fraction of sp³-hybridized carbons (Fsp3) is 0.889. The Hall–Kier alpha value is -2.65. The van der Waals surface area contributed by atoms with Crippen LogP contribution in [0.25, 0.3) is 0 Å². The van der Waals surface area contributed by atoms with Crippen LogP contribution >= 0.6 is 0 Å². The molecule has 24 atom stereocenters. The van der Waals surface area contributed by atoms with Crippen molar-refractivity contribution in [3.05, 3.63) is 12.2 Å². The first-order valence-corrected chi connectivity index (χ1v) is 24.3. The monoisotopic (exact) mass is 1030 g/mol. The van der Waals surface area contributed by atoms with Crippen LogP contribution in [0, 0.1) is 17.8 Å². The average Bonchev–Trinajstić information content (AvgIpc) is 3.33. The molecule has 4 aliphatic heterocycles. The van der Waals surface area contributed by atoms with E-state index in [1.807, 2.05) is 0 Å². The van der Waals surface area contributed by atoms with Crippen molar-refractivity contribution in [2.45, 2.75) is 212 Å². The maximum absolute atomic E-state index is 12.9. The van der Waals surface area contributed by atoms with Gasteiger partial charge < -0.3 is 114 Å². The molecular formula is C45H70O26. The third-order valence-electron chi connectivity index (χ3n) is 14.9. The standard InChI is InChI=1S/C45H70O26/c46-14-27-33(55)36(58)40(62)44(68-27)71-42-38(60)35(57)29(15-63-31(53)8-3-17-1-5-19(47)6-2-17)70-45(42)67-26-12-21-24(65-41(26)18-4-7-22(49)23(50)9-18)10-20(48)11-25(21)66-43-39(61)37(59)34(56)28(69-43)16-64-32(54)13-30(51)52/h3,8,17-29,33-50,55-62H,1-2,4-7,9-16H2,(H,51,52)/t17?,18?,19?,20?,21?,22?,23?,24?,25?,26?,27-,28-,29-,33-,34-,35-,36+,37+,38+,39-,40-,41?,42-,43-,44+,45-/m1/s1. The number of esters is 2. The van der Waals surface area contributed by atoms with Crippen LogP contribution in [-0.4, -0.2) is 250 Å². The van der Waals surface area contributed by atoms with Gasteiger partial charge in [0.1, 0.15) is 92.9 Å². The van der Waals surface area contributed by atoms with Crippen molar-refractivity contribution in [2.24, 2.45) is 17.8 Å². The molecule has 3 aliphatic carbocycles. The highest BCUT2D eigenvalue weighted by Gasteiger charge is 2.56. The van der Waals surface area contributed by atoms with Crippen molar-refractivity contribution < 1.29 is 129 Å². The highest BCUT2D eigenvalue weighted by Crippen LogP contribution is 2.45. The van der Waals surface area contributed by atoms with Crippen LogP contribution in [-0.2, 0) is 57.0 Å². The number of carboxylic acid groups (broad SMARTS) is 1. The molecule has 7 fully saturated rings. The third kappa shape index (κ3) is 13.6. The first-order valence-electron chi connectivity index (χ1n) is 24.3. The second-order valence-corrected chi connectivity index (χ2v) is 19.9. The van der Waals surface area contributed by atoms with Gasteiger partial charge in [-0.05, 0) is 69.6 Å². The molecule has 0 bridgehead atoms. The number of aliphatic carboxylic acids is 1. The van der Waals surface area contributed by atoms with Crippen LogP contribution in [0.3, 0.4) is 0 Å². The topological polar surface area (TPSA) is 418 Å². The zero-order valence-corrected chi connectivity index (χ0v) is 38.7. The van der Waals surface area contributed by atoms with Crippen LogP contribution in [0.1, 0.15) is 70.6 Å². The fourth-order valence-electron chi connectivity index (χ4n) is 10.8. The number of carbonyl (C=O) groups excluding carboxylic acids is 2. The maximum atomic E-state index is 12.9. The van der Waals surface area contributed by atoms with E-state index in [2.05, 4.69) is 0 Å². The van der Waals surface area contributed by atoms with E-state index in [0.29, 0.717) is 32.1 Å². The number of allylic oxidation sites excluding steroid dienone is 1. The molecule has 26 nitrogen and oxygen atoms in total. The summed E-state index contributed by atoms with van der Waals surface area (Å²) in [5, 5.41) is 149. The van der Waals surface area contributed by atoms with Crippen LogP contribution < -0.4 is 0 Å². The molecule has 0 aromatic carbocycles. The van der Waals surface area contributed by atoms with Crippen LogP contribution in [0.2, 0.25) is 0 Å². The minimum absolute atomic E-state index is 0.0114. The lowest BCUT2D eigenvalue weighted by Gasteiger charge is -2.53. The Bertz CT molecular complexity index is 1770. The number of aliphatic hydroxyl groups is 13. The Morgan fingerprint density at radius 1 is 0.535 bits per heavy atom. The zero-order chi connectivity index (χ0) is 51.4. The Labute approximate surface area is 407 Å². The van der Waals surface area contributed by atoms with E-state index in [-0.39, 0.29) is 38.0 Å². The Kier molecular flexibility index (Phi) is 19.6. The molecule has 26 heteroatoms. The van der Waals surface area contributed by atoms with E-state index in [1.54, 1.807) is 6.08 Å². The molecular weight excluding hydrogens is 956 g/mol. The van der Waals surface area contributed by atoms with Gasteiger partial charge >= 0.3 is 17.9 Å². The molecule has 7 aliphatic rings. The first kappa shape index (κ1) is 56.1. The summed E-state index contributed by atoms with van der Waals surface area (Å²) in [6.07, 6.45) is -30.1.